The third-order valence-corrected chi connectivity index (χ3v) is 5.35. The number of aryl methyl sites for hydroxylation is 1. The molecular formula is C19H25NOS. The summed E-state index contributed by atoms with van der Waals surface area (Å²) in [6.45, 7) is 6.57. The minimum Gasteiger partial charge on any atom is -0.379 e. The Kier molecular flexibility index (Phi) is 4.15. The van der Waals surface area contributed by atoms with Gasteiger partial charge in [0.15, 0.2) is 0 Å². The van der Waals surface area contributed by atoms with Crippen LogP contribution >= 0.6 is 11.3 Å². The van der Waals surface area contributed by atoms with E-state index in [0.29, 0.717) is 6.04 Å². The highest BCUT2D eigenvalue weighted by Gasteiger charge is 2.39. The normalized spacial score (nSPS) is 25.5. The first kappa shape index (κ1) is 15.7. The molecule has 2 N–H and O–H groups in total. The lowest BCUT2D eigenvalue weighted by atomic mass is 9.85. The smallest absolute Gasteiger partial charge is 0.125 e. The summed E-state index contributed by atoms with van der Waals surface area (Å²) in [5.74, 6) is 0. The number of nitrogens with one attached hydrogen (secondary N) is 1. The standard InChI is InChI=1S/C19H25NOS/c1-18(2,3)20-15-11-10-14-7-4-5-8-16(14)19(21,13-15)17-9-6-12-22-17/h4-9,12,15,20-21H,10-11,13H2,1-3H3/t15-,19+/m0/s1. The fourth-order valence-corrected chi connectivity index (χ4v) is 4.37. The molecule has 0 amide bonds. The number of rotatable bonds is 2. The molecule has 2 atom stereocenters. The van der Waals surface area contributed by atoms with Crippen molar-refractivity contribution in [3.8, 4) is 0 Å². The number of benzene rings is 1. The molecule has 0 aliphatic heterocycles. The molecule has 1 heterocycles. The van der Waals surface area contributed by atoms with Crippen LogP contribution in [0.3, 0.4) is 0 Å². The van der Waals surface area contributed by atoms with Crippen molar-refractivity contribution >= 4 is 11.3 Å². The topological polar surface area (TPSA) is 32.3 Å². The predicted octanol–water partition coefficient (Wildman–Crippen LogP) is 4.08. The monoisotopic (exact) mass is 315 g/mol. The van der Waals surface area contributed by atoms with Gasteiger partial charge in [-0.2, -0.15) is 0 Å². The first-order chi connectivity index (χ1) is 10.4. The van der Waals surface area contributed by atoms with E-state index in [1.54, 1.807) is 11.3 Å². The van der Waals surface area contributed by atoms with Gasteiger partial charge in [-0.05, 0) is 56.2 Å². The van der Waals surface area contributed by atoms with Crippen molar-refractivity contribution in [3.05, 3.63) is 57.8 Å². The maximum Gasteiger partial charge on any atom is 0.125 e. The summed E-state index contributed by atoms with van der Waals surface area (Å²) in [6, 6.07) is 12.8. The molecule has 1 aromatic carbocycles. The van der Waals surface area contributed by atoms with Crippen LogP contribution in [0.25, 0.3) is 0 Å². The van der Waals surface area contributed by atoms with Crippen LogP contribution in [0.5, 0.6) is 0 Å². The molecule has 0 radical (unpaired) electrons. The fourth-order valence-electron chi connectivity index (χ4n) is 3.52. The maximum atomic E-state index is 11.6. The van der Waals surface area contributed by atoms with E-state index < -0.39 is 5.60 Å². The van der Waals surface area contributed by atoms with Crippen LogP contribution in [0.2, 0.25) is 0 Å². The van der Waals surface area contributed by atoms with Gasteiger partial charge >= 0.3 is 0 Å². The van der Waals surface area contributed by atoms with Gasteiger partial charge in [0.1, 0.15) is 5.60 Å². The Hall–Kier alpha value is -1.16. The molecule has 22 heavy (non-hydrogen) atoms. The molecule has 2 nitrogen and oxygen atoms in total. The van der Waals surface area contributed by atoms with Crippen LogP contribution < -0.4 is 5.32 Å². The van der Waals surface area contributed by atoms with Crippen LogP contribution in [0.1, 0.15) is 49.6 Å². The first-order valence-electron chi connectivity index (χ1n) is 8.01. The summed E-state index contributed by atoms with van der Waals surface area (Å²) in [7, 11) is 0. The summed E-state index contributed by atoms with van der Waals surface area (Å²) in [4.78, 5) is 1.04. The molecule has 1 aliphatic carbocycles. The summed E-state index contributed by atoms with van der Waals surface area (Å²) >= 11 is 1.64. The van der Waals surface area contributed by atoms with Crippen molar-refractivity contribution in [2.75, 3.05) is 0 Å². The number of thiophene rings is 1. The van der Waals surface area contributed by atoms with Crippen molar-refractivity contribution in [1.29, 1.82) is 0 Å². The van der Waals surface area contributed by atoms with Gasteiger partial charge in [-0.1, -0.05) is 30.3 Å². The third-order valence-electron chi connectivity index (χ3n) is 4.33. The van der Waals surface area contributed by atoms with Gasteiger partial charge in [-0.25, -0.2) is 0 Å². The van der Waals surface area contributed by atoms with Crippen LogP contribution in [0, 0.1) is 0 Å². The average molecular weight is 315 g/mol. The second-order valence-corrected chi connectivity index (χ2v) is 8.28. The Morgan fingerprint density at radius 1 is 1.18 bits per heavy atom. The number of aliphatic hydroxyl groups is 1. The van der Waals surface area contributed by atoms with Crippen molar-refractivity contribution in [2.24, 2.45) is 0 Å². The van der Waals surface area contributed by atoms with Crippen LogP contribution in [0.4, 0.5) is 0 Å². The van der Waals surface area contributed by atoms with Gasteiger partial charge in [0.25, 0.3) is 0 Å². The van der Waals surface area contributed by atoms with Gasteiger partial charge in [0, 0.05) is 22.9 Å². The lowest BCUT2D eigenvalue weighted by molar-refractivity contribution is 0.0610. The molecule has 0 fully saturated rings. The van der Waals surface area contributed by atoms with Crippen molar-refractivity contribution < 1.29 is 5.11 Å². The Morgan fingerprint density at radius 2 is 1.95 bits per heavy atom. The molecule has 0 saturated heterocycles. The van der Waals surface area contributed by atoms with Gasteiger partial charge in [-0.3, -0.25) is 0 Å². The van der Waals surface area contributed by atoms with Gasteiger partial charge < -0.3 is 10.4 Å². The van der Waals surface area contributed by atoms with Crippen LogP contribution in [0.15, 0.2) is 41.8 Å². The average Bonchev–Trinajstić information content (AvgIpc) is 2.94. The van der Waals surface area contributed by atoms with Gasteiger partial charge in [0.2, 0.25) is 0 Å². The van der Waals surface area contributed by atoms with Crippen LogP contribution in [-0.4, -0.2) is 16.7 Å². The van der Waals surface area contributed by atoms with Gasteiger partial charge in [-0.15, -0.1) is 11.3 Å². The van der Waals surface area contributed by atoms with Crippen LogP contribution in [-0.2, 0) is 12.0 Å². The lowest BCUT2D eigenvalue weighted by Crippen LogP contribution is -2.46. The first-order valence-corrected chi connectivity index (χ1v) is 8.89. The molecule has 3 rings (SSSR count). The number of hydrogen-bond donors (Lipinski definition) is 2. The number of fused-ring (bicyclic) bond motifs is 1. The minimum absolute atomic E-state index is 0.0531. The van der Waals surface area contributed by atoms with E-state index in [4.69, 9.17) is 0 Å². The zero-order valence-electron chi connectivity index (χ0n) is 13.6. The minimum atomic E-state index is -0.885. The highest BCUT2D eigenvalue weighted by atomic mass is 32.1. The lowest BCUT2D eigenvalue weighted by Gasteiger charge is -2.34. The molecular weight excluding hydrogens is 290 g/mol. The maximum absolute atomic E-state index is 11.6. The van der Waals surface area contributed by atoms with E-state index in [1.165, 1.54) is 5.56 Å². The summed E-state index contributed by atoms with van der Waals surface area (Å²) in [6.07, 6.45) is 2.79. The molecule has 2 aromatic rings. The van der Waals surface area contributed by atoms with E-state index in [9.17, 15) is 5.11 Å². The molecule has 0 spiro atoms. The van der Waals surface area contributed by atoms with E-state index >= 15 is 0 Å². The van der Waals surface area contributed by atoms with E-state index in [0.717, 1.165) is 29.7 Å². The quantitative estimate of drug-likeness (QED) is 0.819. The van der Waals surface area contributed by atoms with Gasteiger partial charge in [0.05, 0.1) is 0 Å². The Balaban J connectivity index is 2.03. The predicted molar refractivity (Wildman–Crippen MR) is 93.4 cm³/mol. The molecule has 0 saturated carbocycles. The molecule has 0 unspecified atom stereocenters. The Labute approximate surface area is 137 Å². The van der Waals surface area contributed by atoms with E-state index in [1.807, 2.05) is 17.5 Å². The zero-order chi connectivity index (χ0) is 15.8. The molecule has 3 heteroatoms. The number of hydrogen-bond acceptors (Lipinski definition) is 3. The largest absolute Gasteiger partial charge is 0.379 e. The molecule has 1 aliphatic rings. The van der Waals surface area contributed by atoms with E-state index in [2.05, 4.69) is 50.4 Å². The highest BCUT2D eigenvalue weighted by Crippen LogP contribution is 2.41. The van der Waals surface area contributed by atoms with Crippen molar-refractivity contribution in [3.63, 3.8) is 0 Å². The summed E-state index contributed by atoms with van der Waals surface area (Å²) < 4.78 is 0. The van der Waals surface area contributed by atoms with E-state index in [-0.39, 0.29) is 5.54 Å². The SMILES string of the molecule is CC(C)(C)N[C@H]1CCc2ccccc2[C@@](O)(c2cccs2)C1. The Bertz CT molecular complexity index is 629. The third kappa shape index (κ3) is 3.12. The second kappa shape index (κ2) is 5.80. The second-order valence-electron chi connectivity index (χ2n) is 7.33. The molecule has 118 valence electrons. The molecule has 0 bridgehead atoms. The molecule has 1 aromatic heterocycles. The summed E-state index contributed by atoms with van der Waals surface area (Å²) in [5.41, 5.74) is 1.52. The zero-order valence-corrected chi connectivity index (χ0v) is 14.4. The summed E-state index contributed by atoms with van der Waals surface area (Å²) in [5, 5.41) is 17.3. The highest BCUT2D eigenvalue weighted by molar-refractivity contribution is 7.10. The Morgan fingerprint density at radius 3 is 2.64 bits per heavy atom. The van der Waals surface area contributed by atoms with Crippen molar-refractivity contribution in [2.45, 2.75) is 57.2 Å². The van der Waals surface area contributed by atoms with Crippen molar-refractivity contribution in [1.82, 2.24) is 5.32 Å². The fraction of sp³-hybridized carbons (Fsp3) is 0.474.